The summed E-state index contributed by atoms with van der Waals surface area (Å²) in [6, 6.07) is 5.49. The van der Waals surface area contributed by atoms with Crippen molar-refractivity contribution in [3.05, 3.63) is 39.9 Å². The molecule has 104 valence electrons. The first-order valence-electron chi connectivity index (χ1n) is 6.26. The van der Waals surface area contributed by atoms with Crippen LogP contribution < -0.4 is 10.1 Å². The number of ether oxygens (including phenoxy) is 1. The molecule has 1 N–H and O–H groups in total. The largest absolute Gasteiger partial charge is 0.492 e. The molecule has 0 saturated carbocycles. The lowest BCUT2D eigenvalue weighted by molar-refractivity contribution is -0.121. The SMILES string of the molecule is Cc1cnc(NC(=O)[C@@H]2COc3ccc(Cl)cc3C2)s1. The Labute approximate surface area is 125 Å². The Morgan fingerprint density at radius 2 is 2.40 bits per heavy atom. The number of anilines is 1. The number of hydrogen-bond acceptors (Lipinski definition) is 4. The summed E-state index contributed by atoms with van der Waals surface area (Å²) >= 11 is 7.44. The standard InChI is InChI=1S/C14H13ClN2O2S/c1-8-6-16-14(20-8)17-13(18)10-4-9-5-11(15)2-3-12(9)19-7-10/h2-3,5-6,10H,4,7H2,1H3,(H,16,17,18)/t10-/m0/s1. The molecule has 0 saturated heterocycles. The van der Waals surface area contributed by atoms with E-state index < -0.39 is 0 Å². The van der Waals surface area contributed by atoms with E-state index in [1.54, 1.807) is 12.3 Å². The maximum Gasteiger partial charge on any atom is 0.233 e. The van der Waals surface area contributed by atoms with Gasteiger partial charge in [0.25, 0.3) is 0 Å². The zero-order chi connectivity index (χ0) is 14.1. The fourth-order valence-electron chi connectivity index (χ4n) is 2.15. The van der Waals surface area contributed by atoms with Crippen LogP contribution in [0.5, 0.6) is 5.75 Å². The molecule has 0 fully saturated rings. The Balaban J connectivity index is 1.71. The molecule has 0 aliphatic carbocycles. The van der Waals surface area contributed by atoms with E-state index in [0.29, 0.717) is 23.2 Å². The molecule has 3 rings (SSSR count). The minimum atomic E-state index is -0.217. The van der Waals surface area contributed by atoms with E-state index in [1.165, 1.54) is 11.3 Å². The summed E-state index contributed by atoms with van der Waals surface area (Å²) in [5.41, 5.74) is 0.971. The molecule has 0 unspecified atom stereocenters. The van der Waals surface area contributed by atoms with Crippen molar-refractivity contribution < 1.29 is 9.53 Å². The number of carbonyl (C=O) groups is 1. The van der Waals surface area contributed by atoms with Gasteiger partial charge in [-0.1, -0.05) is 11.6 Å². The highest BCUT2D eigenvalue weighted by atomic mass is 35.5. The summed E-state index contributed by atoms with van der Waals surface area (Å²) in [6.07, 6.45) is 2.37. The van der Waals surface area contributed by atoms with Crippen LogP contribution in [0.1, 0.15) is 10.4 Å². The summed E-state index contributed by atoms with van der Waals surface area (Å²) in [4.78, 5) is 17.4. The number of nitrogens with one attached hydrogen (secondary N) is 1. The van der Waals surface area contributed by atoms with Gasteiger partial charge in [0.1, 0.15) is 12.4 Å². The highest BCUT2D eigenvalue weighted by molar-refractivity contribution is 7.15. The van der Waals surface area contributed by atoms with E-state index in [-0.39, 0.29) is 11.8 Å². The first-order chi connectivity index (χ1) is 9.61. The van der Waals surface area contributed by atoms with Crippen LogP contribution in [0.25, 0.3) is 0 Å². The number of halogens is 1. The average Bonchev–Trinajstić information content (AvgIpc) is 2.83. The van der Waals surface area contributed by atoms with Gasteiger partial charge in [0, 0.05) is 16.1 Å². The van der Waals surface area contributed by atoms with Gasteiger partial charge in [-0.25, -0.2) is 4.98 Å². The zero-order valence-electron chi connectivity index (χ0n) is 10.9. The summed E-state index contributed by atoms with van der Waals surface area (Å²) < 4.78 is 5.62. The lowest BCUT2D eigenvalue weighted by Gasteiger charge is -2.24. The number of amides is 1. The molecule has 6 heteroatoms. The molecular formula is C14H13ClN2O2S. The van der Waals surface area contributed by atoms with Crippen molar-refractivity contribution in [2.45, 2.75) is 13.3 Å². The molecular weight excluding hydrogens is 296 g/mol. The normalized spacial score (nSPS) is 17.2. The fraction of sp³-hybridized carbons (Fsp3) is 0.286. The molecule has 1 aromatic carbocycles. The van der Waals surface area contributed by atoms with Crippen molar-refractivity contribution in [3.8, 4) is 5.75 Å². The lowest BCUT2D eigenvalue weighted by Crippen LogP contribution is -2.32. The van der Waals surface area contributed by atoms with Crippen molar-refractivity contribution >= 4 is 34.0 Å². The molecule has 4 nitrogen and oxygen atoms in total. The highest BCUT2D eigenvalue weighted by Crippen LogP contribution is 2.30. The molecule has 1 aromatic heterocycles. The molecule has 1 aliphatic rings. The van der Waals surface area contributed by atoms with Crippen LogP contribution in [0.4, 0.5) is 5.13 Å². The van der Waals surface area contributed by atoms with Gasteiger partial charge in [0.2, 0.25) is 5.91 Å². The number of benzene rings is 1. The van der Waals surface area contributed by atoms with Crippen molar-refractivity contribution in [2.24, 2.45) is 5.92 Å². The van der Waals surface area contributed by atoms with Gasteiger partial charge in [0.15, 0.2) is 5.13 Å². The minimum absolute atomic E-state index is 0.0648. The number of fused-ring (bicyclic) bond motifs is 1. The third-order valence-electron chi connectivity index (χ3n) is 3.15. The Morgan fingerprint density at radius 3 is 3.15 bits per heavy atom. The monoisotopic (exact) mass is 308 g/mol. The van der Waals surface area contributed by atoms with Crippen LogP contribution in [0, 0.1) is 12.8 Å². The molecule has 2 heterocycles. The van der Waals surface area contributed by atoms with Gasteiger partial charge < -0.3 is 10.1 Å². The second kappa shape index (κ2) is 5.42. The molecule has 20 heavy (non-hydrogen) atoms. The summed E-state index contributed by atoms with van der Waals surface area (Å²) in [7, 11) is 0. The molecule has 0 spiro atoms. The van der Waals surface area contributed by atoms with E-state index in [2.05, 4.69) is 10.3 Å². The van der Waals surface area contributed by atoms with Gasteiger partial charge in [-0.05, 0) is 37.1 Å². The third-order valence-corrected chi connectivity index (χ3v) is 4.21. The molecule has 2 aromatic rings. The number of nitrogens with zero attached hydrogens (tertiary/aromatic N) is 1. The predicted octanol–water partition coefficient (Wildman–Crippen LogP) is 3.29. The Bertz CT molecular complexity index is 656. The molecule has 1 amide bonds. The Hall–Kier alpha value is -1.59. The maximum absolute atomic E-state index is 12.2. The summed E-state index contributed by atoms with van der Waals surface area (Å²) in [5.74, 6) is 0.527. The molecule has 0 radical (unpaired) electrons. The van der Waals surface area contributed by atoms with E-state index in [0.717, 1.165) is 16.2 Å². The van der Waals surface area contributed by atoms with Crippen molar-refractivity contribution in [3.63, 3.8) is 0 Å². The van der Waals surface area contributed by atoms with E-state index in [4.69, 9.17) is 16.3 Å². The third kappa shape index (κ3) is 2.78. The van der Waals surface area contributed by atoms with Crippen LogP contribution in [-0.2, 0) is 11.2 Å². The number of hydrogen-bond donors (Lipinski definition) is 1. The van der Waals surface area contributed by atoms with E-state index in [9.17, 15) is 4.79 Å². The Kier molecular flexibility index (Phi) is 3.63. The highest BCUT2D eigenvalue weighted by Gasteiger charge is 2.26. The maximum atomic E-state index is 12.2. The summed E-state index contributed by atoms with van der Waals surface area (Å²) in [5, 5.41) is 4.12. The van der Waals surface area contributed by atoms with Crippen LogP contribution in [0.3, 0.4) is 0 Å². The average molecular weight is 309 g/mol. The topological polar surface area (TPSA) is 51.2 Å². The zero-order valence-corrected chi connectivity index (χ0v) is 12.4. The second-order valence-electron chi connectivity index (χ2n) is 4.73. The second-order valence-corrected chi connectivity index (χ2v) is 6.40. The number of carbonyl (C=O) groups excluding carboxylic acids is 1. The summed E-state index contributed by atoms with van der Waals surface area (Å²) in [6.45, 7) is 2.33. The van der Waals surface area contributed by atoms with E-state index in [1.807, 2.05) is 19.1 Å². The first-order valence-corrected chi connectivity index (χ1v) is 7.46. The van der Waals surface area contributed by atoms with Crippen LogP contribution in [0.2, 0.25) is 5.02 Å². The van der Waals surface area contributed by atoms with Crippen molar-refractivity contribution in [1.82, 2.24) is 4.98 Å². The number of aryl methyl sites for hydroxylation is 1. The number of aromatic nitrogens is 1. The number of thiazole rings is 1. The van der Waals surface area contributed by atoms with Crippen LogP contribution in [0.15, 0.2) is 24.4 Å². The molecule has 0 bridgehead atoms. The lowest BCUT2D eigenvalue weighted by atomic mass is 9.96. The minimum Gasteiger partial charge on any atom is -0.492 e. The van der Waals surface area contributed by atoms with Gasteiger partial charge in [-0.3, -0.25) is 4.79 Å². The van der Waals surface area contributed by atoms with Crippen LogP contribution >= 0.6 is 22.9 Å². The first kappa shape index (κ1) is 13.4. The molecule has 1 atom stereocenters. The predicted molar refractivity (Wildman–Crippen MR) is 79.6 cm³/mol. The van der Waals surface area contributed by atoms with Gasteiger partial charge in [0.05, 0.1) is 5.92 Å². The fourth-order valence-corrected chi connectivity index (χ4v) is 3.01. The van der Waals surface area contributed by atoms with Gasteiger partial charge in [-0.2, -0.15) is 0 Å². The molecule has 1 aliphatic heterocycles. The van der Waals surface area contributed by atoms with Crippen molar-refractivity contribution in [1.29, 1.82) is 0 Å². The number of rotatable bonds is 2. The van der Waals surface area contributed by atoms with Crippen molar-refractivity contribution in [2.75, 3.05) is 11.9 Å². The quantitative estimate of drug-likeness (QED) is 0.926. The van der Waals surface area contributed by atoms with Gasteiger partial charge in [-0.15, -0.1) is 11.3 Å². The smallest absolute Gasteiger partial charge is 0.233 e. The Morgan fingerprint density at radius 1 is 1.55 bits per heavy atom. The van der Waals surface area contributed by atoms with Crippen LogP contribution in [-0.4, -0.2) is 17.5 Å². The van der Waals surface area contributed by atoms with E-state index >= 15 is 0 Å². The van der Waals surface area contributed by atoms with Gasteiger partial charge >= 0.3 is 0 Å².